The van der Waals surface area contributed by atoms with Crippen LogP contribution in [0.15, 0.2) is 30.3 Å². The van der Waals surface area contributed by atoms with Gasteiger partial charge in [0.25, 0.3) is 0 Å². The molecule has 0 aliphatic heterocycles. The zero-order chi connectivity index (χ0) is 13.5. The highest BCUT2D eigenvalue weighted by Crippen LogP contribution is 2.25. The Morgan fingerprint density at radius 3 is 2.53 bits per heavy atom. The molecule has 0 spiro atoms. The van der Waals surface area contributed by atoms with Gasteiger partial charge in [-0.2, -0.15) is 0 Å². The molecule has 1 aromatic rings. The summed E-state index contributed by atoms with van der Waals surface area (Å²) >= 11 is 0. The summed E-state index contributed by atoms with van der Waals surface area (Å²) in [6.07, 6.45) is 7.15. The van der Waals surface area contributed by atoms with E-state index >= 15 is 0 Å². The molecule has 2 heteroatoms. The van der Waals surface area contributed by atoms with Crippen LogP contribution in [0, 0.1) is 5.92 Å². The lowest BCUT2D eigenvalue weighted by atomic mass is 9.90. The highest BCUT2D eigenvalue weighted by molar-refractivity contribution is 5.78. The van der Waals surface area contributed by atoms with Gasteiger partial charge < -0.3 is 4.74 Å². The lowest BCUT2D eigenvalue weighted by molar-refractivity contribution is -0.147. The maximum Gasteiger partial charge on any atom is 0.313 e. The maximum absolute atomic E-state index is 12.2. The SMILES string of the molecule is CCC(C(=O)OCC1CCCCC1)c1ccccc1. The van der Waals surface area contributed by atoms with E-state index in [0.29, 0.717) is 12.5 Å². The molecule has 1 aromatic carbocycles. The first-order valence-electron chi connectivity index (χ1n) is 7.53. The molecule has 1 aliphatic carbocycles. The Morgan fingerprint density at radius 2 is 1.89 bits per heavy atom. The summed E-state index contributed by atoms with van der Waals surface area (Å²) in [4.78, 5) is 12.2. The quantitative estimate of drug-likeness (QED) is 0.738. The zero-order valence-corrected chi connectivity index (χ0v) is 11.8. The van der Waals surface area contributed by atoms with Crippen molar-refractivity contribution in [1.82, 2.24) is 0 Å². The molecule has 2 nitrogen and oxygen atoms in total. The van der Waals surface area contributed by atoms with Crippen molar-refractivity contribution < 1.29 is 9.53 Å². The van der Waals surface area contributed by atoms with Gasteiger partial charge in [0, 0.05) is 0 Å². The molecule has 1 aliphatic rings. The molecule has 19 heavy (non-hydrogen) atoms. The third-order valence-corrected chi connectivity index (χ3v) is 4.08. The van der Waals surface area contributed by atoms with Crippen molar-refractivity contribution in [2.45, 2.75) is 51.4 Å². The van der Waals surface area contributed by atoms with E-state index in [-0.39, 0.29) is 11.9 Å². The van der Waals surface area contributed by atoms with Crippen LogP contribution in [0.4, 0.5) is 0 Å². The number of benzene rings is 1. The number of rotatable bonds is 5. The van der Waals surface area contributed by atoms with Crippen molar-refractivity contribution in [3.05, 3.63) is 35.9 Å². The predicted octanol–water partition coefficient (Wildman–Crippen LogP) is 4.30. The fourth-order valence-electron chi connectivity index (χ4n) is 2.88. The van der Waals surface area contributed by atoms with E-state index in [1.54, 1.807) is 0 Å². The molecule has 1 fully saturated rings. The fraction of sp³-hybridized carbons (Fsp3) is 0.588. The van der Waals surface area contributed by atoms with E-state index in [0.717, 1.165) is 12.0 Å². The summed E-state index contributed by atoms with van der Waals surface area (Å²) < 4.78 is 5.55. The van der Waals surface area contributed by atoms with Gasteiger partial charge in [0.2, 0.25) is 0 Å². The molecule has 0 radical (unpaired) electrons. The molecule has 0 bridgehead atoms. The van der Waals surface area contributed by atoms with E-state index < -0.39 is 0 Å². The molecule has 0 aromatic heterocycles. The smallest absolute Gasteiger partial charge is 0.313 e. The molecule has 0 N–H and O–H groups in total. The van der Waals surface area contributed by atoms with Crippen molar-refractivity contribution in [2.24, 2.45) is 5.92 Å². The Kier molecular flexibility index (Phi) is 5.44. The largest absolute Gasteiger partial charge is 0.465 e. The Labute approximate surface area is 116 Å². The van der Waals surface area contributed by atoms with Crippen LogP contribution in [0.2, 0.25) is 0 Å². The molecule has 1 unspecified atom stereocenters. The molecule has 0 saturated heterocycles. The van der Waals surface area contributed by atoms with E-state index in [1.807, 2.05) is 37.3 Å². The summed E-state index contributed by atoms with van der Waals surface area (Å²) in [5.41, 5.74) is 1.07. The van der Waals surface area contributed by atoms with Crippen molar-refractivity contribution in [1.29, 1.82) is 0 Å². The van der Waals surface area contributed by atoms with Gasteiger partial charge in [-0.1, -0.05) is 56.5 Å². The van der Waals surface area contributed by atoms with Gasteiger partial charge in [0.15, 0.2) is 0 Å². The van der Waals surface area contributed by atoms with Crippen LogP contribution in [-0.2, 0) is 9.53 Å². The molecule has 1 saturated carbocycles. The lowest BCUT2D eigenvalue weighted by Crippen LogP contribution is -2.21. The third kappa shape index (κ3) is 4.09. The van der Waals surface area contributed by atoms with E-state index in [9.17, 15) is 4.79 Å². The predicted molar refractivity (Wildman–Crippen MR) is 77.0 cm³/mol. The molecular formula is C17H24O2. The minimum absolute atomic E-state index is 0.0562. The summed E-state index contributed by atoms with van der Waals surface area (Å²) in [7, 11) is 0. The summed E-state index contributed by atoms with van der Waals surface area (Å²) in [6.45, 7) is 2.65. The second-order valence-electron chi connectivity index (χ2n) is 5.51. The van der Waals surface area contributed by atoms with Crippen molar-refractivity contribution >= 4 is 5.97 Å². The maximum atomic E-state index is 12.2. The highest BCUT2D eigenvalue weighted by Gasteiger charge is 2.22. The zero-order valence-electron chi connectivity index (χ0n) is 11.8. The van der Waals surface area contributed by atoms with Crippen LogP contribution >= 0.6 is 0 Å². The lowest BCUT2D eigenvalue weighted by Gasteiger charge is -2.22. The van der Waals surface area contributed by atoms with Crippen LogP contribution < -0.4 is 0 Å². The van der Waals surface area contributed by atoms with Crippen molar-refractivity contribution in [2.75, 3.05) is 6.61 Å². The average Bonchev–Trinajstić information content (AvgIpc) is 2.48. The van der Waals surface area contributed by atoms with Gasteiger partial charge in [-0.05, 0) is 30.7 Å². The minimum atomic E-state index is -0.107. The first-order chi connectivity index (χ1) is 9.31. The molecule has 0 heterocycles. The van der Waals surface area contributed by atoms with Crippen LogP contribution in [0.5, 0.6) is 0 Å². The number of ether oxygens (including phenoxy) is 1. The minimum Gasteiger partial charge on any atom is -0.465 e. The van der Waals surface area contributed by atoms with Gasteiger partial charge in [-0.15, -0.1) is 0 Å². The van der Waals surface area contributed by atoms with Crippen LogP contribution in [-0.4, -0.2) is 12.6 Å². The first kappa shape index (κ1) is 14.1. The fourth-order valence-corrected chi connectivity index (χ4v) is 2.88. The van der Waals surface area contributed by atoms with E-state index in [2.05, 4.69) is 0 Å². The molecule has 1 atom stereocenters. The summed E-state index contributed by atoms with van der Waals surface area (Å²) in [5, 5.41) is 0. The Balaban J connectivity index is 1.86. The number of hydrogen-bond donors (Lipinski definition) is 0. The third-order valence-electron chi connectivity index (χ3n) is 4.08. The van der Waals surface area contributed by atoms with Gasteiger partial charge in [0.1, 0.15) is 0 Å². The number of carbonyl (C=O) groups excluding carboxylic acids is 1. The molecule has 0 amide bonds. The second-order valence-corrected chi connectivity index (χ2v) is 5.51. The molecular weight excluding hydrogens is 236 g/mol. The average molecular weight is 260 g/mol. The molecule has 104 valence electrons. The van der Waals surface area contributed by atoms with Gasteiger partial charge in [0.05, 0.1) is 12.5 Å². The Bertz CT molecular complexity index is 380. The van der Waals surface area contributed by atoms with Gasteiger partial charge in [-0.3, -0.25) is 4.79 Å². The van der Waals surface area contributed by atoms with Crippen molar-refractivity contribution in [3.8, 4) is 0 Å². The van der Waals surface area contributed by atoms with E-state index in [1.165, 1.54) is 32.1 Å². The highest BCUT2D eigenvalue weighted by atomic mass is 16.5. The van der Waals surface area contributed by atoms with Gasteiger partial charge >= 0.3 is 5.97 Å². The van der Waals surface area contributed by atoms with Crippen LogP contribution in [0.25, 0.3) is 0 Å². The Morgan fingerprint density at radius 1 is 1.21 bits per heavy atom. The van der Waals surface area contributed by atoms with Crippen molar-refractivity contribution in [3.63, 3.8) is 0 Å². The first-order valence-corrected chi connectivity index (χ1v) is 7.53. The monoisotopic (exact) mass is 260 g/mol. The number of esters is 1. The second kappa shape index (κ2) is 7.32. The Hall–Kier alpha value is -1.31. The summed E-state index contributed by atoms with van der Waals surface area (Å²) in [5.74, 6) is 0.426. The summed E-state index contributed by atoms with van der Waals surface area (Å²) in [6, 6.07) is 9.95. The van der Waals surface area contributed by atoms with Crippen LogP contribution in [0.3, 0.4) is 0 Å². The normalized spacial score (nSPS) is 17.9. The molecule has 2 rings (SSSR count). The topological polar surface area (TPSA) is 26.3 Å². The van der Waals surface area contributed by atoms with E-state index in [4.69, 9.17) is 4.74 Å². The standard InChI is InChI=1S/C17H24O2/c1-2-16(15-11-7-4-8-12-15)17(18)19-13-14-9-5-3-6-10-14/h4,7-8,11-12,14,16H,2-3,5-6,9-10,13H2,1H3. The van der Waals surface area contributed by atoms with Gasteiger partial charge in [-0.25, -0.2) is 0 Å². The number of hydrogen-bond acceptors (Lipinski definition) is 2. The number of carbonyl (C=O) groups is 1. The van der Waals surface area contributed by atoms with Crippen LogP contribution in [0.1, 0.15) is 56.9 Å².